The monoisotopic (exact) mass is 588 g/mol. The summed E-state index contributed by atoms with van der Waals surface area (Å²) in [4.78, 5) is 14.1. The van der Waals surface area contributed by atoms with Crippen molar-refractivity contribution in [3.8, 4) is 0 Å². The zero-order chi connectivity index (χ0) is 30.0. The Labute approximate surface area is 257 Å². The van der Waals surface area contributed by atoms with E-state index in [4.69, 9.17) is 8.75 Å². The largest absolute Gasteiger partial charge is 0.647 e. The van der Waals surface area contributed by atoms with Gasteiger partial charge in [-0.2, -0.15) is 0 Å². The number of Topliss-reactive ketones (excluding diaryl/α,β-unsaturated/α-hetero) is 1. The summed E-state index contributed by atoms with van der Waals surface area (Å²) in [6.07, 6.45) is 3.33. The highest BCUT2D eigenvalue weighted by Gasteiger charge is 2.36. The molecular weight excluding hydrogens is 551 g/mol. The fraction of sp³-hybridized carbons (Fsp3) is 0.162. The molecule has 0 spiro atoms. The van der Waals surface area contributed by atoms with Crippen LogP contribution < -0.4 is 0 Å². The van der Waals surface area contributed by atoms with E-state index in [0.29, 0.717) is 12.0 Å². The fourth-order valence-corrected chi connectivity index (χ4v) is 7.84. The number of hydrogen-bond donors (Lipinski definition) is 1. The Balaban J connectivity index is 1.33. The van der Waals surface area contributed by atoms with Crippen LogP contribution in [0.25, 0.3) is 0 Å². The molecule has 1 unspecified atom stereocenters. The summed E-state index contributed by atoms with van der Waals surface area (Å²) in [5, 5.41) is 11.0. The molecule has 5 rings (SSSR count). The van der Waals surface area contributed by atoms with Crippen molar-refractivity contribution >= 4 is 23.4 Å². The van der Waals surface area contributed by atoms with E-state index in [1.165, 1.54) is 16.7 Å². The molecule has 1 N–H and O–H groups in total. The predicted molar refractivity (Wildman–Crippen MR) is 177 cm³/mol. The van der Waals surface area contributed by atoms with Gasteiger partial charge in [-0.15, -0.1) is 10.3 Å². The average Bonchev–Trinajstić information content (AvgIpc) is 3.07. The SMILES string of the molecule is CS(CC(=O)c1ccccc1)(OB(O)OCCCC(c1ccccc1)(c1ccccc1)c1ccccc1)c1ccccc1. The third-order valence-corrected chi connectivity index (χ3v) is 10.5. The summed E-state index contributed by atoms with van der Waals surface area (Å²) in [5.74, 6) is 0.105. The molecule has 4 nitrogen and oxygen atoms in total. The maximum atomic E-state index is 13.2. The molecule has 0 saturated carbocycles. The van der Waals surface area contributed by atoms with Gasteiger partial charge in [-0.25, -0.2) is 0 Å². The van der Waals surface area contributed by atoms with E-state index >= 15 is 0 Å². The van der Waals surface area contributed by atoms with Crippen LogP contribution in [0.1, 0.15) is 39.9 Å². The van der Waals surface area contributed by atoms with Gasteiger partial charge in [0.1, 0.15) is 0 Å². The van der Waals surface area contributed by atoms with Crippen molar-refractivity contribution in [3.05, 3.63) is 174 Å². The average molecular weight is 589 g/mol. The number of hydrogen-bond acceptors (Lipinski definition) is 4. The predicted octanol–water partition coefficient (Wildman–Crippen LogP) is 8.10. The summed E-state index contributed by atoms with van der Waals surface area (Å²) in [6, 6.07) is 50.5. The van der Waals surface area contributed by atoms with Crippen molar-refractivity contribution in [2.45, 2.75) is 23.2 Å². The summed E-state index contributed by atoms with van der Waals surface area (Å²) in [7, 11) is -3.65. The fourth-order valence-electron chi connectivity index (χ4n) is 5.67. The van der Waals surface area contributed by atoms with E-state index in [2.05, 4.69) is 72.8 Å². The van der Waals surface area contributed by atoms with Gasteiger partial charge in [-0.05, 0) is 47.9 Å². The minimum atomic E-state index is -2.18. The molecule has 0 amide bonds. The molecule has 218 valence electrons. The lowest BCUT2D eigenvalue weighted by atomic mass is 9.67. The van der Waals surface area contributed by atoms with Crippen LogP contribution in [-0.2, 0) is 14.2 Å². The van der Waals surface area contributed by atoms with E-state index < -0.39 is 23.0 Å². The zero-order valence-electron chi connectivity index (χ0n) is 24.4. The summed E-state index contributed by atoms with van der Waals surface area (Å²) < 4.78 is 12.1. The molecule has 0 aliphatic carbocycles. The second-order valence-electron chi connectivity index (χ2n) is 10.6. The molecule has 6 heteroatoms. The second-order valence-corrected chi connectivity index (χ2v) is 13.6. The highest BCUT2D eigenvalue weighted by atomic mass is 32.3. The zero-order valence-corrected chi connectivity index (χ0v) is 25.2. The van der Waals surface area contributed by atoms with Crippen molar-refractivity contribution in [3.63, 3.8) is 0 Å². The number of ketones is 1. The first-order chi connectivity index (χ1) is 21.0. The van der Waals surface area contributed by atoms with E-state index in [9.17, 15) is 9.82 Å². The molecule has 5 aromatic carbocycles. The molecule has 0 aromatic heterocycles. The third-order valence-electron chi connectivity index (χ3n) is 7.80. The summed E-state index contributed by atoms with van der Waals surface area (Å²) in [6.45, 7) is 0.284. The van der Waals surface area contributed by atoms with Gasteiger partial charge in [0.15, 0.2) is 5.78 Å². The van der Waals surface area contributed by atoms with Gasteiger partial charge in [0.2, 0.25) is 0 Å². The topological polar surface area (TPSA) is 55.8 Å². The number of benzene rings is 5. The lowest BCUT2D eigenvalue weighted by molar-refractivity contribution is 0.102. The Bertz CT molecular complexity index is 1460. The van der Waals surface area contributed by atoms with E-state index in [1.54, 1.807) is 12.1 Å². The molecule has 0 aliphatic heterocycles. The van der Waals surface area contributed by atoms with Crippen LogP contribution in [0.2, 0.25) is 0 Å². The lowest BCUT2D eigenvalue weighted by Crippen LogP contribution is -2.31. The minimum absolute atomic E-state index is 0.0347. The molecule has 0 saturated heterocycles. The van der Waals surface area contributed by atoms with Crippen LogP contribution in [0, 0.1) is 0 Å². The minimum Gasteiger partial charge on any atom is -0.401 e. The van der Waals surface area contributed by atoms with Crippen LogP contribution in [0.4, 0.5) is 0 Å². The van der Waals surface area contributed by atoms with Crippen LogP contribution in [-0.4, -0.2) is 36.7 Å². The Kier molecular flexibility index (Phi) is 10.3. The van der Waals surface area contributed by atoms with Gasteiger partial charge < -0.3 is 13.8 Å². The van der Waals surface area contributed by atoms with Crippen molar-refractivity contribution in [1.29, 1.82) is 0 Å². The highest BCUT2D eigenvalue weighted by Crippen LogP contribution is 2.54. The van der Waals surface area contributed by atoms with Crippen LogP contribution >= 0.6 is 10.3 Å². The third kappa shape index (κ3) is 7.35. The van der Waals surface area contributed by atoms with Crippen LogP contribution in [0.5, 0.6) is 0 Å². The number of carbonyl (C=O) groups excluding carboxylic acids is 1. The van der Waals surface area contributed by atoms with Gasteiger partial charge in [-0.1, -0.05) is 140 Å². The molecule has 0 radical (unpaired) electrons. The van der Waals surface area contributed by atoms with Crippen LogP contribution in [0.3, 0.4) is 0 Å². The smallest absolute Gasteiger partial charge is 0.401 e. The highest BCUT2D eigenvalue weighted by molar-refractivity contribution is 8.30. The Hall–Kier alpha value is -3.94. The molecule has 0 heterocycles. The normalized spacial score (nSPS) is 13.5. The van der Waals surface area contributed by atoms with Gasteiger partial charge in [0, 0.05) is 22.5 Å². The first-order valence-electron chi connectivity index (χ1n) is 14.6. The maximum Gasteiger partial charge on any atom is 0.647 e. The molecule has 43 heavy (non-hydrogen) atoms. The first kappa shape index (κ1) is 30.5. The molecule has 0 fully saturated rings. The van der Waals surface area contributed by atoms with E-state index in [-0.39, 0.29) is 18.1 Å². The Morgan fingerprint density at radius 2 is 1.09 bits per heavy atom. The van der Waals surface area contributed by atoms with Crippen molar-refractivity contribution < 1.29 is 18.6 Å². The van der Waals surface area contributed by atoms with Gasteiger partial charge in [-0.3, -0.25) is 4.79 Å². The Morgan fingerprint density at radius 3 is 1.56 bits per heavy atom. The van der Waals surface area contributed by atoms with Gasteiger partial charge in [0.05, 0.1) is 5.75 Å². The molecule has 0 aliphatic rings. The second kappa shape index (κ2) is 14.5. The summed E-state index contributed by atoms with van der Waals surface area (Å²) >= 11 is 0. The quantitative estimate of drug-likeness (QED) is 0.0617. The maximum absolute atomic E-state index is 13.2. The number of rotatable bonds is 14. The molecule has 5 aromatic rings. The Morgan fingerprint density at radius 1 is 0.674 bits per heavy atom. The van der Waals surface area contributed by atoms with Crippen molar-refractivity contribution in [1.82, 2.24) is 0 Å². The summed E-state index contributed by atoms with van der Waals surface area (Å²) in [5.41, 5.74) is 3.82. The molecule has 1 atom stereocenters. The first-order valence-corrected chi connectivity index (χ1v) is 16.7. The molecular formula is C37H37BO4S. The van der Waals surface area contributed by atoms with Crippen molar-refractivity contribution in [2.24, 2.45) is 0 Å². The van der Waals surface area contributed by atoms with Crippen molar-refractivity contribution in [2.75, 3.05) is 18.6 Å². The van der Waals surface area contributed by atoms with Gasteiger partial charge >= 0.3 is 7.32 Å². The van der Waals surface area contributed by atoms with Gasteiger partial charge in [0.25, 0.3) is 0 Å². The van der Waals surface area contributed by atoms with Crippen LogP contribution in [0.15, 0.2) is 157 Å². The number of carbonyl (C=O) groups is 1. The standard InChI is InChI=1S/C37H37BO4S/c1-43(35-26-15-6-16-27-35,30-36(39)31-18-7-2-8-19-31)42-38(40)41-29-17-28-37(32-20-9-3-10-21-32,33-22-11-4-12-23-33)34-24-13-5-14-25-34/h2-16,18-27,40H,17,28-30H2,1H3. The lowest BCUT2D eigenvalue weighted by Gasteiger charge is -2.37. The van der Waals surface area contributed by atoms with E-state index in [1.807, 2.05) is 73.0 Å². The van der Waals surface area contributed by atoms with E-state index in [0.717, 1.165) is 11.3 Å². The molecule has 0 bridgehead atoms.